The maximum Gasteiger partial charge on any atom is 0.328 e. The van der Waals surface area contributed by atoms with Crippen LogP contribution in [0.4, 0.5) is 25.4 Å². The third-order valence-electron chi connectivity index (χ3n) is 7.12. The highest BCUT2D eigenvalue weighted by Gasteiger charge is 2.63. The Morgan fingerprint density at radius 3 is 2.57 bits per heavy atom. The molecule has 0 aliphatic carbocycles. The van der Waals surface area contributed by atoms with Gasteiger partial charge in [-0.25, -0.2) is 9.18 Å². The zero-order valence-electron chi connectivity index (χ0n) is 18.8. The number of fused-ring (bicyclic) bond motifs is 5. The van der Waals surface area contributed by atoms with E-state index in [1.807, 2.05) is 6.92 Å². The summed E-state index contributed by atoms with van der Waals surface area (Å²) in [5, 5.41) is 4.51. The Hall–Kier alpha value is -3.38. The average molecular weight is 501 g/mol. The Morgan fingerprint density at radius 2 is 1.91 bits per heavy atom. The Labute approximate surface area is 202 Å². The summed E-state index contributed by atoms with van der Waals surface area (Å²) in [6.07, 6.45) is 0.230. The normalized spacial score (nSPS) is 27.9. The summed E-state index contributed by atoms with van der Waals surface area (Å²) in [7, 11) is 0. The maximum atomic E-state index is 16.1. The molecule has 0 saturated carbocycles. The quantitative estimate of drug-likeness (QED) is 0.574. The van der Waals surface area contributed by atoms with Crippen molar-refractivity contribution in [1.29, 1.82) is 0 Å². The van der Waals surface area contributed by atoms with Gasteiger partial charge in [-0.05, 0) is 37.2 Å². The number of furan rings is 1. The van der Waals surface area contributed by atoms with Crippen molar-refractivity contribution in [2.24, 2.45) is 5.41 Å². The van der Waals surface area contributed by atoms with Gasteiger partial charge in [0.25, 0.3) is 5.24 Å². The summed E-state index contributed by atoms with van der Waals surface area (Å²) in [6.45, 7) is 7.86. The summed E-state index contributed by atoms with van der Waals surface area (Å²) in [5.74, 6) is -2.16. The van der Waals surface area contributed by atoms with E-state index in [0.717, 1.165) is 11.8 Å². The van der Waals surface area contributed by atoms with Crippen LogP contribution in [-0.2, 0) is 20.7 Å². The lowest BCUT2D eigenvalue weighted by atomic mass is 9.66. The van der Waals surface area contributed by atoms with Gasteiger partial charge >= 0.3 is 6.03 Å². The second-order valence-electron chi connectivity index (χ2n) is 9.32. The third kappa shape index (κ3) is 2.92. The van der Waals surface area contributed by atoms with Crippen molar-refractivity contribution in [2.75, 3.05) is 22.9 Å². The van der Waals surface area contributed by atoms with Gasteiger partial charge in [-0.15, -0.1) is 0 Å². The van der Waals surface area contributed by atoms with Crippen molar-refractivity contribution >= 4 is 57.2 Å². The SMILES string of the molecule is C=C1CN(c2coc3c(F)c4c(cc23)CC2(C(=O)NC(=O)NC2=O)[C@H]2[C@H](C)O[C@H](C)CN42)C(=O)S1. The second-order valence-corrected chi connectivity index (χ2v) is 10.5. The lowest BCUT2D eigenvalue weighted by molar-refractivity contribution is -0.153. The number of hydrogen-bond acceptors (Lipinski definition) is 8. The first-order chi connectivity index (χ1) is 16.6. The molecule has 0 unspecified atom stereocenters. The van der Waals surface area contributed by atoms with Gasteiger partial charge in [-0.2, -0.15) is 0 Å². The lowest BCUT2D eigenvalue weighted by Crippen LogP contribution is -2.75. The number of benzene rings is 1. The molecule has 1 spiro atoms. The van der Waals surface area contributed by atoms with Crippen molar-refractivity contribution in [1.82, 2.24) is 10.6 Å². The van der Waals surface area contributed by atoms with E-state index in [4.69, 9.17) is 9.15 Å². The highest BCUT2D eigenvalue weighted by Crippen LogP contribution is 2.50. The van der Waals surface area contributed by atoms with Crippen molar-refractivity contribution in [3.05, 3.63) is 35.2 Å². The first kappa shape index (κ1) is 22.1. The van der Waals surface area contributed by atoms with Crippen LogP contribution in [0.15, 0.2) is 28.2 Å². The number of anilines is 2. The fourth-order valence-electron chi connectivity index (χ4n) is 5.87. The minimum Gasteiger partial charge on any atom is -0.459 e. The van der Waals surface area contributed by atoms with E-state index in [2.05, 4.69) is 17.2 Å². The summed E-state index contributed by atoms with van der Waals surface area (Å²) in [6, 6.07) is -0.101. The summed E-state index contributed by atoms with van der Waals surface area (Å²) in [4.78, 5) is 54.7. The molecule has 3 fully saturated rings. The molecule has 4 aliphatic heterocycles. The predicted molar refractivity (Wildman–Crippen MR) is 125 cm³/mol. The monoisotopic (exact) mass is 500 g/mol. The van der Waals surface area contributed by atoms with Crippen molar-refractivity contribution < 1.29 is 32.7 Å². The van der Waals surface area contributed by atoms with Gasteiger partial charge in [0.05, 0.1) is 36.2 Å². The molecule has 4 aliphatic rings. The number of carbonyl (C=O) groups is 4. The summed E-state index contributed by atoms with van der Waals surface area (Å²) in [5.41, 5.74) is -0.750. The molecular formula is C23H21FN4O6S. The first-order valence-corrected chi connectivity index (χ1v) is 11.9. The van der Waals surface area contributed by atoms with Gasteiger partial charge in [-0.1, -0.05) is 6.58 Å². The topological polar surface area (TPSA) is 121 Å². The van der Waals surface area contributed by atoms with Crippen molar-refractivity contribution in [3.8, 4) is 0 Å². The van der Waals surface area contributed by atoms with Crippen LogP contribution < -0.4 is 20.4 Å². The van der Waals surface area contributed by atoms with Crippen LogP contribution in [0.2, 0.25) is 0 Å². The molecule has 0 bridgehead atoms. The highest BCUT2D eigenvalue weighted by atomic mass is 32.2. The minimum absolute atomic E-state index is 0.0247. The number of halogens is 1. The molecule has 12 heteroatoms. The molecule has 5 heterocycles. The molecule has 2 N–H and O–H groups in total. The van der Waals surface area contributed by atoms with Gasteiger partial charge in [0, 0.05) is 23.3 Å². The number of amides is 5. The van der Waals surface area contributed by atoms with Gasteiger partial charge in [0.15, 0.2) is 16.8 Å². The summed E-state index contributed by atoms with van der Waals surface area (Å²) >= 11 is 0.999. The van der Waals surface area contributed by atoms with Gasteiger partial charge in [0.2, 0.25) is 11.8 Å². The van der Waals surface area contributed by atoms with Crippen LogP contribution in [0.1, 0.15) is 19.4 Å². The van der Waals surface area contributed by atoms with E-state index in [0.29, 0.717) is 21.5 Å². The molecule has 1 aromatic carbocycles. The van der Waals surface area contributed by atoms with Gasteiger partial charge < -0.3 is 14.1 Å². The molecule has 3 saturated heterocycles. The van der Waals surface area contributed by atoms with Crippen LogP contribution in [0.3, 0.4) is 0 Å². The Balaban J connectivity index is 1.58. The highest BCUT2D eigenvalue weighted by molar-refractivity contribution is 8.17. The molecule has 2 aromatic rings. The Morgan fingerprint density at radius 1 is 1.20 bits per heavy atom. The van der Waals surface area contributed by atoms with Crippen LogP contribution in [-0.4, -0.2) is 54.4 Å². The smallest absolute Gasteiger partial charge is 0.328 e. The van der Waals surface area contributed by atoms with Gasteiger partial charge in [0.1, 0.15) is 6.26 Å². The standard InChI is InChI=1S/C23H21FN4O6S/c1-9-6-28-16-12(5-23(18(28)11(3)34-9)19(29)25-21(31)26-20(23)30)4-13-14(8-33-17(13)15(16)24)27-7-10(2)35-22(27)32/h4,8-9,11,18H,2,5-7H2,1,3H3,(H2,25,26,29,30,31)/t9-,11+,18-/m1/s1. The maximum absolute atomic E-state index is 16.1. The zero-order valence-corrected chi connectivity index (χ0v) is 19.7. The number of ether oxygens (including phenoxy) is 1. The van der Waals surface area contributed by atoms with E-state index in [-0.39, 0.29) is 42.1 Å². The molecule has 10 nitrogen and oxygen atoms in total. The number of nitrogens with zero attached hydrogens (tertiary/aromatic N) is 2. The molecule has 182 valence electrons. The number of nitrogens with one attached hydrogen (secondary N) is 2. The molecule has 35 heavy (non-hydrogen) atoms. The third-order valence-corrected chi connectivity index (χ3v) is 7.94. The van der Waals surface area contributed by atoms with Crippen molar-refractivity contribution in [3.63, 3.8) is 0 Å². The molecule has 1 aromatic heterocycles. The number of rotatable bonds is 1. The van der Waals surface area contributed by atoms with Crippen molar-refractivity contribution in [2.45, 2.75) is 38.5 Å². The number of urea groups is 1. The van der Waals surface area contributed by atoms with E-state index >= 15 is 4.39 Å². The lowest BCUT2D eigenvalue weighted by Gasteiger charge is -2.55. The first-order valence-electron chi connectivity index (χ1n) is 11.1. The van der Waals surface area contributed by atoms with E-state index in [9.17, 15) is 19.2 Å². The molecular weight excluding hydrogens is 479 g/mol. The number of thioether (sulfide) groups is 1. The second kappa shape index (κ2) is 7.31. The molecule has 6 rings (SSSR count). The number of carbonyl (C=O) groups excluding carboxylic acids is 4. The van der Waals surface area contributed by atoms with Crippen LogP contribution >= 0.6 is 11.8 Å². The average Bonchev–Trinajstić information content (AvgIpc) is 3.33. The van der Waals surface area contributed by atoms with Crippen LogP contribution in [0, 0.1) is 11.2 Å². The number of barbiturate groups is 1. The number of imide groups is 2. The number of morpholine rings is 1. The van der Waals surface area contributed by atoms with Crippen LogP contribution in [0.25, 0.3) is 11.0 Å². The van der Waals surface area contributed by atoms with E-state index in [1.54, 1.807) is 17.9 Å². The van der Waals surface area contributed by atoms with E-state index in [1.165, 1.54) is 11.2 Å². The fraction of sp³-hybridized carbons (Fsp3) is 0.391. The zero-order chi connectivity index (χ0) is 24.8. The fourth-order valence-corrected chi connectivity index (χ4v) is 6.58. The molecule has 3 atom stereocenters. The van der Waals surface area contributed by atoms with Gasteiger partial charge in [-0.3, -0.25) is 29.9 Å². The number of hydrogen-bond donors (Lipinski definition) is 2. The molecule has 5 amide bonds. The summed E-state index contributed by atoms with van der Waals surface area (Å²) < 4.78 is 27.7. The predicted octanol–water partition coefficient (Wildman–Crippen LogP) is 2.65. The Bertz CT molecular complexity index is 1350. The largest absolute Gasteiger partial charge is 0.459 e. The van der Waals surface area contributed by atoms with Crippen LogP contribution in [0.5, 0.6) is 0 Å². The minimum atomic E-state index is -1.72. The van der Waals surface area contributed by atoms with E-state index < -0.39 is 41.2 Å². The molecule has 0 radical (unpaired) electrons. The Kier molecular flexibility index (Phi) is 4.62.